The molecule has 0 unspecified atom stereocenters. The maximum absolute atomic E-state index is 12.6. The van der Waals surface area contributed by atoms with Gasteiger partial charge in [-0.2, -0.15) is 0 Å². The molecule has 0 fully saturated rings. The number of carbonyl (C=O) groups excluding carboxylic acids is 1. The van der Waals surface area contributed by atoms with Gasteiger partial charge in [-0.15, -0.1) is 0 Å². The second kappa shape index (κ2) is 13.4. The summed E-state index contributed by atoms with van der Waals surface area (Å²) >= 11 is 0. The molecule has 2 rings (SSSR count). The van der Waals surface area contributed by atoms with Gasteiger partial charge in [0.15, 0.2) is 5.78 Å². The highest BCUT2D eigenvalue weighted by Gasteiger charge is 2.12. The van der Waals surface area contributed by atoms with Crippen LogP contribution in [-0.4, -0.2) is 23.8 Å². The molecule has 1 aromatic heterocycles. The van der Waals surface area contributed by atoms with Crippen molar-refractivity contribution in [1.82, 2.24) is 4.98 Å². The van der Waals surface area contributed by atoms with Crippen LogP contribution in [-0.2, 0) is 4.74 Å². The Hall–Kier alpha value is -2.89. The van der Waals surface area contributed by atoms with Gasteiger partial charge in [0.2, 0.25) is 5.90 Å². The molecule has 1 heterocycles. The summed E-state index contributed by atoms with van der Waals surface area (Å²) in [5, 5.41) is 0. The summed E-state index contributed by atoms with van der Waals surface area (Å²) in [4.78, 5) is 19.4. The van der Waals surface area contributed by atoms with Gasteiger partial charge in [0.05, 0.1) is 12.7 Å². The monoisotopic (exact) mass is 416 g/mol. The largest absolute Gasteiger partial charge is 0.479 e. The van der Waals surface area contributed by atoms with Crippen molar-refractivity contribution >= 4 is 11.7 Å². The van der Waals surface area contributed by atoms with Crippen LogP contribution in [0.5, 0.6) is 0 Å². The lowest BCUT2D eigenvalue weighted by atomic mass is 9.97. The lowest BCUT2D eigenvalue weighted by Crippen LogP contribution is -2.09. The Labute approximate surface area is 177 Å². The van der Waals surface area contributed by atoms with Crippen LogP contribution in [0.1, 0.15) is 62.5 Å². The predicted molar refractivity (Wildman–Crippen MR) is 117 cm³/mol. The molecule has 0 N–H and O–H groups in total. The fraction of sp³-hybridized carbons (Fsp3) is 0.375. The zero-order chi connectivity index (χ0) is 22.5. The van der Waals surface area contributed by atoms with E-state index in [1.807, 2.05) is 18.2 Å². The number of aliphatic imine (C=N–C) groups is 1. The van der Waals surface area contributed by atoms with Crippen molar-refractivity contribution < 1.29 is 18.3 Å². The van der Waals surface area contributed by atoms with E-state index in [1.165, 1.54) is 19.8 Å². The molecule has 0 bridgehead atoms. The van der Waals surface area contributed by atoms with E-state index in [0.29, 0.717) is 11.8 Å². The highest BCUT2D eigenvalue weighted by molar-refractivity contribution is 5.94. The second-order valence-electron chi connectivity index (χ2n) is 6.76. The number of hydrogen-bond acceptors (Lipinski definition) is 4. The number of methoxy groups -OCH3 is 1. The number of allylic oxidation sites excluding steroid dienone is 1. The van der Waals surface area contributed by atoms with Crippen molar-refractivity contribution in [3.05, 3.63) is 77.8 Å². The zero-order valence-corrected chi connectivity index (χ0v) is 18.1. The number of ketones is 1. The number of unbranched alkanes of at least 4 members (excludes halogenated alkanes) is 1. The van der Waals surface area contributed by atoms with Crippen molar-refractivity contribution in [2.24, 2.45) is 10.9 Å². The summed E-state index contributed by atoms with van der Waals surface area (Å²) in [6.07, 6.45) is 6.33. The van der Waals surface area contributed by atoms with Gasteiger partial charge in [-0.05, 0) is 50.1 Å². The molecule has 0 spiro atoms. The first-order chi connectivity index (χ1) is 14.3. The maximum Gasteiger partial charge on any atom is 0.239 e. The van der Waals surface area contributed by atoms with Crippen molar-refractivity contribution in [1.29, 1.82) is 0 Å². The predicted octanol–water partition coefficient (Wildman–Crippen LogP) is 6.37. The van der Waals surface area contributed by atoms with Gasteiger partial charge in [0, 0.05) is 17.8 Å². The smallest absolute Gasteiger partial charge is 0.239 e. The summed E-state index contributed by atoms with van der Waals surface area (Å²) < 4.78 is 30.4. The van der Waals surface area contributed by atoms with Crippen LogP contribution in [0.4, 0.5) is 8.78 Å². The van der Waals surface area contributed by atoms with Crippen LogP contribution in [0.25, 0.3) is 0 Å². The third kappa shape index (κ3) is 8.23. The topological polar surface area (TPSA) is 51.6 Å². The zero-order valence-electron chi connectivity index (χ0n) is 18.1. The Kier molecular flexibility index (Phi) is 11.2. The molecule has 0 amide bonds. The van der Waals surface area contributed by atoms with Gasteiger partial charge < -0.3 is 4.74 Å². The number of hydrogen-bond donors (Lipinski definition) is 0. The number of rotatable bonds is 8. The first-order valence-electron chi connectivity index (χ1n) is 10.0. The molecule has 6 heteroatoms. The van der Waals surface area contributed by atoms with Crippen LogP contribution in [0.2, 0.25) is 0 Å². The lowest BCUT2D eigenvalue weighted by Gasteiger charge is -2.15. The number of ether oxygens (including phenoxy) is 1. The molecule has 30 heavy (non-hydrogen) atoms. The van der Waals surface area contributed by atoms with E-state index in [-0.39, 0.29) is 5.56 Å². The molecule has 1 atom stereocenters. The summed E-state index contributed by atoms with van der Waals surface area (Å²) in [7, 11) is 1.62. The Balaban J connectivity index is 0.000000346. The van der Waals surface area contributed by atoms with Crippen molar-refractivity contribution in [3.63, 3.8) is 0 Å². The molecule has 162 valence electrons. The van der Waals surface area contributed by atoms with Gasteiger partial charge in [-0.3, -0.25) is 9.78 Å². The van der Waals surface area contributed by atoms with E-state index in [1.54, 1.807) is 13.3 Å². The number of aromatic nitrogens is 1. The van der Waals surface area contributed by atoms with E-state index >= 15 is 0 Å². The van der Waals surface area contributed by atoms with Gasteiger partial charge in [0.1, 0.15) is 17.3 Å². The van der Waals surface area contributed by atoms with Crippen LogP contribution in [0.15, 0.2) is 59.9 Å². The lowest BCUT2D eigenvalue weighted by molar-refractivity contribution is 0.101. The summed E-state index contributed by atoms with van der Waals surface area (Å²) in [5.74, 6) is -0.785. The van der Waals surface area contributed by atoms with Crippen LogP contribution in [0, 0.1) is 17.6 Å². The van der Waals surface area contributed by atoms with E-state index in [0.717, 1.165) is 42.4 Å². The average molecular weight is 417 g/mol. The third-order valence-electron chi connectivity index (χ3n) is 4.50. The number of nitrogens with zero attached hydrogens (tertiary/aromatic N) is 2. The van der Waals surface area contributed by atoms with Crippen LogP contribution < -0.4 is 0 Å². The molecular formula is C24H30F2N2O2. The molecule has 0 saturated carbocycles. The quantitative estimate of drug-likeness (QED) is 0.285. The number of Topliss-reactive ketones (excluding diaryl/α,β-unsaturated/α-hetero) is 1. The molecule has 4 nitrogen and oxygen atoms in total. The SMILES string of the molecule is C=C(N=C(OC)c1ccccn1)[C@H](CC)CCCC.CC(=O)c1cc(F)ccc1F. The van der Waals surface area contributed by atoms with Crippen LogP contribution in [0.3, 0.4) is 0 Å². The van der Waals surface area contributed by atoms with E-state index < -0.39 is 17.4 Å². The number of benzene rings is 1. The molecule has 0 aliphatic carbocycles. The van der Waals surface area contributed by atoms with Gasteiger partial charge in [-0.25, -0.2) is 13.8 Å². The molecule has 2 aromatic rings. The number of carbonyl (C=O) groups is 1. The number of halogens is 2. The normalized spacial score (nSPS) is 11.9. The summed E-state index contributed by atoms with van der Waals surface area (Å²) in [6.45, 7) is 9.67. The fourth-order valence-electron chi connectivity index (χ4n) is 2.74. The van der Waals surface area contributed by atoms with Gasteiger partial charge in [0.25, 0.3) is 0 Å². The van der Waals surface area contributed by atoms with Gasteiger partial charge >= 0.3 is 0 Å². The standard InChI is InChI=1S/C16H24N2O.C8H6F2O/c1-5-7-10-14(6-2)13(3)18-16(19-4)15-11-8-9-12-17-15;1-5(11)7-4-6(9)2-3-8(7)10/h8-9,11-12,14H,3,5-7,10H2,1-2,4H3;2-4H,1H3/t14-;/m1./s1. The minimum Gasteiger partial charge on any atom is -0.479 e. The Morgan fingerprint density at radius 3 is 2.47 bits per heavy atom. The van der Waals surface area contributed by atoms with Crippen LogP contribution >= 0.6 is 0 Å². The molecule has 0 radical (unpaired) electrons. The molecule has 0 aliphatic rings. The summed E-state index contributed by atoms with van der Waals surface area (Å²) in [5.41, 5.74) is 1.43. The maximum atomic E-state index is 12.6. The Bertz CT molecular complexity index is 852. The highest BCUT2D eigenvalue weighted by atomic mass is 19.1. The van der Waals surface area contributed by atoms with E-state index in [2.05, 4.69) is 30.4 Å². The Morgan fingerprint density at radius 2 is 1.97 bits per heavy atom. The van der Waals surface area contributed by atoms with E-state index in [9.17, 15) is 13.6 Å². The molecule has 1 aromatic carbocycles. The second-order valence-corrected chi connectivity index (χ2v) is 6.76. The average Bonchev–Trinajstić information content (AvgIpc) is 2.75. The fourth-order valence-corrected chi connectivity index (χ4v) is 2.74. The van der Waals surface area contributed by atoms with Crippen molar-refractivity contribution in [2.75, 3.05) is 7.11 Å². The number of pyridine rings is 1. The highest BCUT2D eigenvalue weighted by Crippen LogP contribution is 2.22. The minimum absolute atomic E-state index is 0.204. The first-order valence-corrected chi connectivity index (χ1v) is 10.0. The molecular weight excluding hydrogens is 386 g/mol. The first kappa shape index (κ1) is 25.1. The third-order valence-corrected chi connectivity index (χ3v) is 4.50. The van der Waals surface area contributed by atoms with Crippen molar-refractivity contribution in [3.8, 4) is 0 Å². The summed E-state index contributed by atoms with van der Waals surface area (Å²) in [6, 6.07) is 8.49. The minimum atomic E-state index is -0.682. The van der Waals surface area contributed by atoms with E-state index in [4.69, 9.17) is 4.74 Å². The molecule has 0 aliphatic heterocycles. The van der Waals surface area contributed by atoms with Gasteiger partial charge in [-0.1, -0.05) is 39.3 Å². The van der Waals surface area contributed by atoms with Crippen molar-refractivity contribution in [2.45, 2.75) is 46.5 Å². The molecule has 0 saturated heterocycles. The Morgan fingerprint density at radius 1 is 1.23 bits per heavy atom.